The summed E-state index contributed by atoms with van der Waals surface area (Å²) in [6, 6.07) is 9.11. The van der Waals surface area contributed by atoms with Gasteiger partial charge in [-0.05, 0) is 63.7 Å². The topological polar surface area (TPSA) is 36.4 Å². The zero-order valence-electron chi connectivity index (χ0n) is 17.0. The van der Waals surface area contributed by atoms with Gasteiger partial charge in [0.15, 0.2) is 5.13 Å². The molecule has 4 nitrogen and oxygen atoms in total. The number of carbonyl (C=O) groups excluding carboxylic acids is 1. The zero-order chi connectivity index (χ0) is 20.4. The van der Waals surface area contributed by atoms with Crippen LogP contribution in [0.5, 0.6) is 0 Å². The summed E-state index contributed by atoms with van der Waals surface area (Å²) in [5.41, 5.74) is 4.81. The van der Waals surface area contributed by atoms with Crippen LogP contribution in [0.1, 0.15) is 22.3 Å². The molecule has 0 bridgehead atoms. The van der Waals surface area contributed by atoms with E-state index >= 15 is 0 Å². The maximum Gasteiger partial charge on any atom is 0.233 e. The van der Waals surface area contributed by atoms with Gasteiger partial charge in [-0.2, -0.15) is 0 Å². The van der Waals surface area contributed by atoms with Crippen LogP contribution in [0.3, 0.4) is 0 Å². The van der Waals surface area contributed by atoms with E-state index in [1.165, 1.54) is 23.0 Å². The molecule has 3 aromatic rings. The van der Waals surface area contributed by atoms with Crippen LogP contribution in [0.15, 0.2) is 30.3 Å². The average Bonchev–Trinajstić information content (AvgIpc) is 3.03. The average molecular weight is 400 g/mol. The summed E-state index contributed by atoms with van der Waals surface area (Å²) in [6.07, 6.45) is 0.309. The summed E-state index contributed by atoms with van der Waals surface area (Å²) in [6.45, 7) is 7.36. The number of carbonyl (C=O) groups is 1. The number of fused-ring (bicyclic) bond motifs is 1. The molecule has 0 saturated heterocycles. The molecule has 0 aliphatic heterocycles. The van der Waals surface area contributed by atoms with E-state index in [-0.39, 0.29) is 11.7 Å². The van der Waals surface area contributed by atoms with Gasteiger partial charge in [-0.15, -0.1) is 0 Å². The molecule has 0 atom stereocenters. The van der Waals surface area contributed by atoms with Crippen molar-refractivity contribution in [2.45, 2.75) is 27.2 Å². The molecule has 28 heavy (non-hydrogen) atoms. The molecule has 148 valence electrons. The molecule has 3 rings (SSSR count). The van der Waals surface area contributed by atoms with Crippen molar-refractivity contribution in [2.24, 2.45) is 0 Å². The van der Waals surface area contributed by atoms with E-state index in [0.717, 1.165) is 21.4 Å². The van der Waals surface area contributed by atoms with Crippen molar-refractivity contribution in [2.75, 3.05) is 32.1 Å². The first-order valence-corrected chi connectivity index (χ1v) is 10.1. The lowest BCUT2D eigenvalue weighted by Crippen LogP contribution is -2.37. The lowest BCUT2D eigenvalue weighted by atomic mass is 9.97. The van der Waals surface area contributed by atoms with E-state index in [4.69, 9.17) is 0 Å². The van der Waals surface area contributed by atoms with Gasteiger partial charge in [0.25, 0.3) is 0 Å². The minimum absolute atomic E-state index is 0.0173. The summed E-state index contributed by atoms with van der Waals surface area (Å²) >= 11 is 1.36. The lowest BCUT2D eigenvalue weighted by Gasteiger charge is -2.23. The smallest absolute Gasteiger partial charge is 0.233 e. The molecular formula is C22H26FN3OS. The summed E-state index contributed by atoms with van der Waals surface area (Å²) in [4.78, 5) is 21.4. The minimum atomic E-state index is -0.356. The fourth-order valence-electron chi connectivity index (χ4n) is 3.38. The molecule has 0 N–H and O–H groups in total. The molecule has 0 unspecified atom stereocenters. The Kier molecular flexibility index (Phi) is 6.10. The number of amides is 1. The summed E-state index contributed by atoms with van der Waals surface area (Å²) in [5.74, 6) is -0.374. The maximum absolute atomic E-state index is 14.1. The number of para-hydroxylation sites is 1. The van der Waals surface area contributed by atoms with Crippen molar-refractivity contribution >= 4 is 32.6 Å². The van der Waals surface area contributed by atoms with Gasteiger partial charge in [-0.3, -0.25) is 9.69 Å². The third-order valence-electron chi connectivity index (χ3n) is 4.83. The van der Waals surface area contributed by atoms with E-state index in [1.54, 1.807) is 11.0 Å². The Morgan fingerprint density at radius 2 is 1.79 bits per heavy atom. The first-order valence-electron chi connectivity index (χ1n) is 9.33. The third kappa shape index (κ3) is 4.39. The number of halogens is 1. The van der Waals surface area contributed by atoms with Crippen molar-refractivity contribution in [3.63, 3.8) is 0 Å². The van der Waals surface area contributed by atoms with Crippen LogP contribution in [0.2, 0.25) is 0 Å². The Morgan fingerprint density at radius 1 is 1.11 bits per heavy atom. The van der Waals surface area contributed by atoms with Gasteiger partial charge in [0, 0.05) is 13.1 Å². The standard InChI is InChI=1S/C22H26FN3OS/c1-14-11-15(2)17(16(3)12-14)13-20(27)26(10-9-25(4)5)22-24-21-18(23)7-6-8-19(21)28-22/h6-8,11-12H,9-10,13H2,1-5H3. The second-order valence-corrected chi connectivity index (χ2v) is 8.49. The highest BCUT2D eigenvalue weighted by Gasteiger charge is 2.22. The summed E-state index contributed by atoms with van der Waals surface area (Å²) in [7, 11) is 3.93. The van der Waals surface area contributed by atoms with E-state index in [1.807, 2.05) is 38.9 Å². The second-order valence-electron chi connectivity index (χ2n) is 7.49. The highest BCUT2D eigenvalue weighted by atomic mass is 32.1. The molecule has 1 amide bonds. The highest BCUT2D eigenvalue weighted by Crippen LogP contribution is 2.31. The monoisotopic (exact) mass is 399 g/mol. The molecule has 1 aromatic heterocycles. The molecule has 0 spiro atoms. The van der Waals surface area contributed by atoms with Crippen molar-refractivity contribution in [1.82, 2.24) is 9.88 Å². The number of likely N-dealkylation sites (N-methyl/N-ethyl adjacent to an activating group) is 1. The molecule has 0 fully saturated rings. The van der Waals surface area contributed by atoms with Gasteiger partial charge < -0.3 is 4.90 Å². The number of aryl methyl sites for hydroxylation is 3. The van der Waals surface area contributed by atoms with E-state index < -0.39 is 0 Å². The van der Waals surface area contributed by atoms with E-state index in [2.05, 4.69) is 24.0 Å². The van der Waals surface area contributed by atoms with Gasteiger partial charge in [0.2, 0.25) is 5.91 Å². The second kappa shape index (κ2) is 8.37. The number of benzene rings is 2. The maximum atomic E-state index is 14.1. The zero-order valence-corrected chi connectivity index (χ0v) is 17.9. The van der Waals surface area contributed by atoms with Crippen LogP contribution >= 0.6 is 11.3 Å². The first-order chi connectivity index (χ1) is 13.3. The Morgan fingerprint density at radius 3 is 2.39 bits per heavy atom. The largest absolute Gasteiger partial charge is 0.308 e. The predicted octanol–water partition coefficient (Wildman–Crippen LogP) is 4.50. The van der Waals surface area contributed by atoms with Crippen LogP contribution in [0, 0.1) is 26.6 Å². The SMILES string of the molecule is Cc1cc(C)c(CC(=O)N(CCN(C)C)c2nc3c(F)cccc3s2)c(C)c1. The number of hydrogen-bond acceptors (Lipinski definition) is 4. The number of rotatable bonds is 6. The number of thiazole rings is 1. The van der Waals surface area contributed by atoms with Gasteiger partial charge in [-0.25, -0.2) is 9.37 Å². The molecule has 1 heterocycles. The van der Waals surface area contributed by atoms with Gasteiger partial charge in [0.1, 0.15) is 11.3 Å². The number of nitrogens with zero attached hydrogens (tertiary/aromatic N) is 3. The van der Waals surface area contributed by atoms with Crippen molar-refractivity contribution in [3.8, 4) is 0 Å². The van der Waals surface area contributed by atoms with Crippen molar-refractivity contribution in [3.05, 3.63) is 58.4 Å². The van der Waals surface area contributed by atoms with E-state index in [0.29, 0.717) is 30.2 Å². The quantitative estimate of drug-likeness (QED) is 0.612. The van der Waals surface area contributed by atoms with Crippen LogP contribution in [0.25, 0.3) is 10.2 Å². The summed E-state index contributed by atoms with van der Waals surface area (Å²) < 4.78 is 14.9. The Hall–Kier alpha value is -2.31. The van der Waals surface area contributed by atoms with Crippen LogP contribution in [0.4, 0.5) is 9.52 Å². The lowest BCUT2D eigenvalue weighted by molar-refractivity contribution is -0.118. The van der Waals surface area contributed by atoms with Gasteiger partial charge >= 0.3 is 0 Å². The molecule has 6 heteroatoms. The molecule has 0 saturated carbocycles. The minimum Gasteiger partial charge on any atom is -0.308 e. The number of anilines is 1. The van der Waals surface area contributed by atoms with Crippen LogP contribution in [-0.2, 0) is 11.2 Å². The summed E-state index contributed by atoms with van der Waals surface area (Å²) in [5, 5.41) is 0.550. The molecule has 2 aromatic carbocycles. The van der Waals surface area contributed by atoms with Crippen molar-refractivity contribution in [1.29, 1.82) is 0 Å². The predicted molar refractivity (Wildman–Crippen MR) is 115 cm³/mol. The molecule has 0 aliphatic rings. The molecule has 0 aliphatic carbocycles. The van der Waals surface area contributed by atoms with Crippen molar-refractivity contribution < 1.29 is 9.18 Å². The first kappa shape index (κ1) is 20.4. The fraction of sp³-hybridized carbons (Fsp3) is 0.364. The molecular weight excluding hydrogens is 373 g/mol. The Labute approximate surface area is 169 Å². The number of hydrogen-bond donors (Lipinski definition) is 0. The van der Waals surface area contributed by atoms with Gasteiger partial charge in [-0.1, -0.05) is 35.1 Å². The Bertz CT molecular complexity index is 989. The highest BCUT2D eigenvalue weighted by molar-refractivity contribution is 7.22. The molecule has 0 radical (unpaired) electrons. The van der Waals surface area contributed by atoms with Crippen LogP contribution in [-0.4, -0.2) is 43.0 Å². The van der Waals surface area contributed by atoms with Crippen LogP contribution < -0.4 is 4.90 Å². The van der Waals surface area contributed by atoms with E-state index in [9.17, 15) is 9.18 Å². The number of aromatic nitrogens is 1. The normalized spacial score (nSPS) is 11.4. The Balaban J connectivity index is 1.95. The van der Waals surface area contributed by atoms with Gasteiger partial charge in [0.05, 0.1) is 11.1 Å². The third-order valence-corrected chi connectivity index (χ3v) is 5.87. The fourth-order valence-corrected chi connectivity index (χ4v) is 4.40.